The fourth-order valence-electron chi connectivity index (χ4n) is 2.05. The normalized spacial score (nSPS) is 10.7. The first-order chi connectivity index (χ1) is 9.38. The lowest BCUT2D eigenvalue weighted by molar-refractivity contribution is 0.0993. The van der Waals surface area contributed by atoms with Crippen LogP contribution in [-0.2, 0) is 6.42 Å². The van der Waals surface area contributed by atoms with Crippen molar-refractivity contribution in [3.8, 4) is 0 Å². The number of aryl methyl sites for hydroxylation is 2. The molecular weight excluding hydrogens is 359 g/mol. The van der Waals surface area contributed by atoms with Crippen LogP contribution in [-0.4, -0.2) is 5.78 Å². The summed E-state index contributed by atoms with van der Waals surface area (Å²) in [6.45, 7) is 3.95. The van der Waals surface area contributed by atoms with E-state index in [2.05, 4.69) is 15.9 Å². The summed E-state index contributed by atoms with van der Waals surface area (Å²) in [5, 5.41) is 1.10. The van der Waals surface area contributed by atoms with E-state index in [1.807, 2.05) is 26.0 Å². The summed E-state index contributed by atoms with van der Waals surface area (Å²) in [6, 6.07) is 8.98. The van der Waals surface area contributed by atoms with Crippen LogP contribution in [0.2, 0.25) is 10.0 Å². The maximum atomic E-state index is 12.4. The molecular formula is C16H13BrCl2O. The molecule has 0 radical (unpaired) electrons. The molecule has 0 saturated heterocycles. The van der Waals surface area contributed by atoms with Crippen molar-refractivity contribution in [2.75, 3.05) is 0 Å². The first-order valence-corrected chi connectivity index (χ1v) is 7.67. The second-order valence-corrected chi connectivity index (χ2v) is 6.40. The second-order valence-electron chi connectivity index (χ2n) is 4.76. The van der Waals surface area contributed by atoms with E-state index in [0.717, 1.165) is 21.2 Å². The van der Waals surface area contributed by atoms with E-state index in [1.54, 1.807) is 18.2 Å². The molecule has 0 unspecified atom stereocenters. The fraction of sp³-hybridized carbons (Fsp3) is 0.188. The monoisotopic (exact) mass is 370 g/mol. The first-order valence-electron chi connectivity index (χ1n) is 6.12. The Labute approximate surface area is 137 Å². The SMILES string of the molecule is Cc1cc(C(=O)Cc2ccc(Cl)cc2Cl)cc(C)c1Br. The molecule has 0 spiro atoms. The lowest BCUT2D eigenvalue weighted by atomic mass is 9.99. The minimum Gasteiger partial charge on any atom is -0.294 e. The summed E-state index contributed by atoms with van der Waals surface area (Å²) in [5.74, 6) is 0.0490. The molecule has 0 amide bonds. The Morgan fingerprint density at radius 1 is 1.10 bits per heavy atom. The van der Waals surface area contributed by atoms with Crippen LogP contribution in [0.4, 0.5) is 0 Å². The van der Waals surface area contributed by atoms with Gasteiger partial charge in [0, 0.05) is 26.5 Å². The molecule has 4 heteroatoms. The van der Waals surface area contributed by atoms with E-state index in [4.69, 9.17) is 23.2 Å². The third-order valence-electron chi connectivity index (χ3n) is 3.12. The number of hydrogen-bond acceptors (Lipinski definition) is 1. The Morgan fingerprint density at radius 2 is 1.70 bits per heavy atom. The van der Waals surface area contributed by atoms with Crippen LogP contribution in [0.25, 0.3) is 0 Å². The van der Waals surface area contributed by atoms with Crippen LogP contribution in [0, 0.1) is 13.8 Å². The predicted molar refractivity (Wildman–Crippen MR) is 88.1 cm³/mol. The lowest BCUT2D eigenvalue weighted by Crippen LogP contribution is -2.05. The van der Waals surface area contributed by atoms with Crippen molar-refractivity contribution >= 4 is 44.9 Å². The molecule has 0 N–H and O–H groups in total. The van der Waals surface area contributed by atoms with Gasteiger partial charge in [-0.15, -0.1) is 0 Å². The summed E-state index contributed by atoms with van der Waals surface area (Å²) >= 11 is 15.5. The number of benzene rings is 2. The average molecular weight is 372 g/mol. The zero-order valence-electron chi connectivity index (χ0n) is 11.1. The molecule has 0 aliphatic heterocycles. The number of carbonyl (C=O) groups excluding carboxylic acids is 1. The van der Waals surface area contributed by atoms with Crippen LogP contribution in [0.3, 0.4) is 0 Å². The minimum atomic E-state index is 0.0490. The molecule has 0 aromatic heterocycles. The van der Waals surface area contributed by atoms with Crippen LogP contribution < -0.4 is 0 Å². The zero-order valence-corrected chi connectivity index (χ0v) is 14.2. The molecule has 1 nitrogen and oxygen atoms in total. The van der Waals surface area contributed by atoms with Crippen LogP contribution in [0.5, 0.6) is 0 Å². The Kier molecular flexibility index (Phi) is 4.90. The van der Waals surface area contributed by atoms with Gasteiger partial charge in [-0.1, -0.05) is 45.2 Å². The number of halogens is 3. The molecule has 0 bridgehead atoms. The molecule has 0 aliphatic carbocycles. The van der Waals surface area contributed by atoms with E-state index in [-0.39, 0.29) is 12.2 Å². The summed E-state index contributed by atoms with van der Waals surface area (Å²) < 4.78 is 1.04. The van der Waals surface area contributed by atoms with E-state index < -0.39 is 0 Å². The van der Waals surface area contributed by atoms with Gasteiger partial charge in [0.15, 0.2) is 5.78 Å². The molecule has 104 valence electrons. The highest BCUT2D eigenvalue weighted by molar-refractivity contribution is 9.10. The average Bonchev–Trinajstić information content (AvgIpc) is 2.38. The zero-order chi connectivity index (χ0) is 14.9. The number of rotatable bonds is 3. The molecule has 0 aliphatic rings. The number of hydrogen-bond donors (Lipinski definition) is 0. The number of ketones is 1. The predicted octanol–water partition coefficient (Wildman–Crippen LogP) is 5.80. The van der Waals surface area contributed by atoms with Crippen molar-refractivity contribution in [1.29, 1.82) is 0 Å². The lowest BCUT2D eigenvalue weighted by Gasteiger charge is -2.08. The van der Waals surface area contributed by atoms with Gasteiger partial charge < -0.3 is 0 Å². The van der Waals surface area contributed by atoms with Gasteiger partial charge in [0.25, 0.3) is 0 Å². The fourth-order valence-corrected chi connectivity index (χ4v) is 2.75. The minimum absolute atomic E-state index is 0.0490. The smallest absolute Gasteiger partial charge is 0.167 e. The van der Waals surface area contributed by atoms with Gasteiger partial charge in [0.05, 0.1) is 0 Å². The molecule has 0 heterocycles. The highest BCUT2D eigenvalue weighted by Gasteiger charge is 2.12. The van der Waals surface area contributed by atoms with Gasteiger partial charge >= 0.3 is 0 Å². The third-order valence-corrected chi connectivity index (χ3v) is 4.96. The molecule has 2 aromatic carbocycles. The van der Waals surface area contributed by atoms with Crippen molar-refractivity contribution < 1.29 is 4.79 Å². The van der Waals surface area contributed by atoms with E-state index in [1.165, 1.54) is 0 Å². The van der Waals surface area contributed by atoms with E-state index >= 15 is 0 Å². The summed E-state index contributed by atoms with van der Waals surface area (Å²) in [5.41, 5.74) is 3.60. The number of carbonyl (C=O) groups is 1. The molecule has 20 heavy (non-hydrogen) atoms. The highest BCUT2D eigenvalue weighted by Crippen LogP contribution is 2.25. The maximum absolute atomic E-state index is 12.4. The topological polar surface area (TPSA) is 17.1 Å². The van der Waals surface area contributed by atoms with Crippen molar-refractivity contribution in [3.63, 3.8) is 0 Å². The first kappa shape index (κ1) is 15.6. The van der Waals surface area contributed by atoms with E-state index in [9.17, 15) is 4.79 Å². The van der Waals surface area contributed by atoms with Crippen molar-refractivity contribution in [2.24, 2.45) is 0 Å². The van der Waals surface area contributed by atoms with Gasteiger partial charge in [-0.3, -0.25) is 4.79 Å². The second kappa shape index (κ2) is 6.30. The maximum Gasteiger partial charge on any atom is 0.167 e. The van der Waals surface area contributed by atoms with Gasteiger partial charge in [-0.05, 0) is 54.8 Å². The summed E-state index contributed by atoms with van der Waals surface area (Å²) in [4.78, 5) is 12.4. The molecule has 0 atom stereocenters. The molecule has 2 rings (SSSR count). The third kappa shape index (κ3) is 3.43. The Balaban J connectivity index is 2.28. The van der Waals surface area contributed by atoms with Gasteiger partial charge in [-0.2, -0.15) is 0 Å². The summed E-state index contributed by atoms with van der Waals surface area (Å²) in [6.07, 6.45) is 0.274. The highest BCUT2D eigenvalue weighted by atomic mass is 79.9. The Hall–Kier alpha value is -0.830. The molecule has 0 saturated carbocycles. The van der Waals surface area contributed by atoms with Crippen molar-refractivity contribution in [2.45, 2.75) is 20.3 Å². The van der Waals surface area contributed by atoms with Crippen LogP contribution in [0.15, 0.2) is 34.8 Å². The van der Waals surface area contributed by atoms with Crippen molar-refractivity contribution in [3.05, 3.63) is 67.1 Å². The van der Waals surface area contributed by atoms with Gasteiger partial charge in [0.2, 0.25) is 0 Å². The molecule has 0 fully saturated rings. The Bertz CT molecular complexity index is 657. The molecule has 2 aromatic rings. The van der Waals surface area contributed by atoms with Crippen LogP contribution in [0.1, 0.15) is 27.0 Å². The number of Topliss-reactive ketones (excluding diaryl/α,β-unsaturated/α-hetero) is 1. The Morgan fingerprint density at radius 3 is 2.25 bits per heavy atom. The van der Waals surface area contributed by atoms with Crippen molar-refractivity contribution in [1.82, 2.24) is 0 Å². The summed E-state index contributed by atoms with van der Waals surface area (Å²) in [7, 11) is 0. The quantitative estimate of drug-likeness (QED) is 0.623. The standard InChI is InChI=1S/C16H13BrCl2O/c1-9-5-12(6-10(2)16(9)17)15(20)7-11-3-4-13(18)8-14(11)19/h3-6,8H,7H2,1-2H3. The van der Waals surface area contributed by atoms with Gasteiger partial charge in [0.1, 0.15) is 0 Å². The van der Waals surface area contributed by atoms with E-state index in [0.29, 0.717) is 15.6 Å². The van der Waals surface area contributed by atoms with Crippen LogP contribution >= 0.6 is 39.1 Å². The largest absolute Gasteiger partial charge is 0.294 e. The van der Waals surface area contributed by atoms with Gasteiger partial charge in [-0.25, -0.2) is 0 Å².